The van der Waals surface area contributed by atoms with Crippen molar-refractivity contribution in [2.75, 3.05) is 0 Å². The van der Waals surface area contributed by atoms with Crippen molar-refractivity contribution in [2.45, 2.75) is 162 Å². The molecule has 1 N–H and O–H groups in total. The van der Waals surface area contributed by atoms with Gasteiger partial charge in [0.05, 0.1) is 30.5 Å². The molecule has 4 aliphatic heterocycles. The molecule has 9 nitrogen and oxygen atoms in total. The third kappa shape index (κ3) is 11.4. The number of carbonyl (C=O) groups is 2. The third-order valence-electron chi connectivity index (χ3n) is 10.3. The first-order valence-corrected chi connectivity index (χ1v) is 18.2. The molecule has 270 valence electrons. The molecule has 0 aromatic rings. The average molecular weight is 673 g/mol. The summed E-state index contributed by atoms with van der Waals surface area (Å²) in [4.78, 5) is 23.9. The van der Waals surface area contributed by atoms with Gasteiger partial charge in [-0.2, -0.15) is 0 Å². The Labute approximate surface area is 288 Å². The lowest BCUT2D eigenvalue weighted by atomic mass is 9.83. The van der Waals surface area contributed by atoms with E-state index in [1.807, 2.05) is 32.9 Å². The summed E-state index contributed by atoms with van der Waals surface area (Å²) in [5, 5.41) is 10.00. The molecule has 9 heteroatoms. The number of esters is 2. The lowest BCUT2D eigenvalue weighted by Gasteiger charge is -2.41. The minimum atomic E-state index is -0.451. The minimum Gasteiger partial charge on any atom is -0.462 e. The Morgan fingerprint density at radius 3 is 2.44 bits per heavy atom. The van der Waals surface area contributed by atoms with E-state index in [1.54, 1.807) is 0 Å². The molecule has 0 aromatic heterocycles. The van der Waals surface area contributed by atoms with Gasteiger partial charge in [-0.05, 0) is 77.7 Å². The van der Waals surface area contributed by atoms with Crippen LogP contribution in [0.4, 0.5) is 0 Å². The molecule has 3 saturated heterocycles. The zero-order valence-corrected chi connectivity index (χ0v) is 30.3. The summed E-state index contributed by atoms with van der Waals surface area (Å²) in [7, 11) is 0. The maximum absolute atomic E-state index is 12.3. The summed E-state index contributed by atoms with van der Waals surface area (Å²) in [6.07, 6.45) is 15.2. The summed E-state index contributed by atoms with van der Waals surface area (Å²) < 4.78 is 36.5. The van der Waals surface area contributed by atoms with E-state index in [1.165, 1.54) is 11.6 Å². The summed E-state index contributed by atoms with van der Waals surface area (Å²) in [5.74, 6) is 0.262. The van der Waals surface area contributed by atoms with Gasteiger partial charge in [-0.3, -0.25) is 4.79 Å². The average Bonchev–Trinajstić information content (AvgIpc) is 3.03. The molecule has 4 rings (SSSR count). The van der Waals surface area contributed by atoms with Crippen molar-refractivity contribution in [2.24, 2.45) is 23.7 Å². The van der Waals surface area contributed by atoms with Crippen molar-refractivity contribution >= 4 is 11.9 Å². The van der Waals surface area contributed by atoms with Crippen LogP contribution in [0.25, 0.3) is 0 Å². The molecule has 0 radical (unpaired) electrons. The van der Waals surface area contributed by atoms with E-state index in [0.717, 1.165) is 24.8 Å². The quantitative estimate of drug-likeness (QED) is 0.124. The van der Waals surface area contributed by atoms with Crippen LogP contribution in [-0.2, 0) is 38.0 Å². The topological polar surface area (TPSA) is 110 Å². The van der Waals surface area contributed by atoms with Crippen LogP contribution in [0, 0.1) is 23.7 Å². The monoisotopic (exact) mass is 672 g/mol. The molecule has 0 unspecified atom stereocenters. The number of ether oxygens (including phenoxy) is 6. The fourth-order valence-corrected chi connectivity index (χ4v) is 7.23. The van der Waals surface area contributed by atoms with Gasteiger partial charge in [0.15, 0.2) is 12.6 Å². The van der Waals surface area contributed by atoms with Crippen molar-refractivity contribution < 1.29 is 43.1 Å². The molecule has 0 amide bonds. The molecule has 0 saturated carbocycles. The fourth-order valence-electron chi connectivity index (χ4n) is 7.23. The number of rotatable bonds is 13. The lowest BCUT2D eigenvalue weighted by molar-refractivity contribution is -0.290. The molecular formula is C39H60O9. The Morgan fingerprint density at radius 1 is 0.979 bits per heavy atom. The molecule has 0 aliphatic carbocycles. The number of allylic oxidation sites excluding steroid dienone is 4. The summed E-state index contributed by atoms with van der Waals surface area (Å²) >= 11 is 0. The van der Waals surface area contributed by atoms with Crippen molar-refractivity contribution in [3.63, 3.8) is 0 Å². The number of carbonyl (C=O) groups excluding carboxylic acids is 2. The van der Waals surface area contributed by atoms with E-state index >= 15 is 0 Å². The first-order chi connectivity index (χ1) is 22.8. The highest BCUT2D eigenvalue weighted by molar-refractivity contribution is 5.83. The molecule has 48 heavy (non-hydrogen) atoms. The number of aliphatic hydroxyl groups excluding tert-OH is 1. The maximum Gasteiger partial charge on any atom is 0.331 e. The zero-order chi connectivity index (χ0) is 35.0. The fraction of sp³-hybridized carbons (Fsp3) is 0.744. The van der Waals surface area contributed by atoms with Crippen LogP contribution in [0.1, 0.15) is 107 Å². The number of hydrogen-bond donors (Lipinski definition) is 1. The Hall–Kier alpha value is -2.30. The normalized spacial score (nSPS) is 37.2. The van der Waals surface area contributed by atoms with Crippen LogP contribution < -0.4 is 0 Å². The molecular weight excluding hydrogens is 612 g/mol. The van der Waals surface area contributed by atoms with Crippen LogP contribution in [0.3, 0.4) is 0 Å². The van der Waals surface area contributed by atoms with Gasteiger partial charge in [0.2, 0.25) is 0 Å². The molecule has 0 bridgehead atoms. The summed E-state index contributed by atoms with van der Waals surface area (Å²) in [6.45, 7) is 16.6. The summed E-state index contributed by atoms with van der Waals surface area (Å²) in [5.41, 5.74) is 2.41. The first kappa shape index (κ1) is 38.5. The maximum atomic E-state index is 12.3. The molecule has 4 heterocycles. The first-order valence-electron chi connectivity index (χ1n) is 18.2. The van der Waals surface area contributed by atoms with Gasteiger partial charge in [0.1, 0.15) is 12.2 Å². The zero-order valence-electron chi connectivity index (χ0n) is 30.3. The van der Waals surface area contributed by atoms with Crippen molar-refractivity contribution in [3.05, 3.63) is 47.6 Å². The second-order valence-corrected chi connectivity index (χ2v) is 14.8. The van der Waals surface area contributed by atoms with Crippen LogP contribution in [0.15, 0.2) is 47.6 Å². The van der Waals surface area contributed by atoms with Crippen LogP contribution >= 0.6 is 0 Å². The largest absolute Gasteiger partial charge is 0.462 e. The molecule has 0 aromatic carbocycles. The van der Waals surface area contributed by atoms with Crippen LogP contribution in [-0.4, -0.2) is 72.4 Å². The van der Waals surface area contributed by atoms with Gasteiger partial charge < -0.3 is 33.5 Å². The lowest BCUT2D eigenvalue weighted by Crippen LogP contribution is -2.47. The predicted octanol–water partition coefficient (Wildman–Crippen LogP) is 7.13. The van der Waals surface area contributed by atoms with Gasteiger partial charge in [-0.25, -0.2) is 4.79 Å². The van der Waals surface area contributed by atoms with Gasteiger partial charge >= 0.3 is 11.9 Å². The highest BCUT2D eigenvalue weighted by atomic mass is 16.7. The Bertz CT molecular complexity index is 1190. The third-order valence-corrected chi connectivity index (χ3v) is 10.3. The van der Waals surface area contributed by atoms with Crippen molar-refractivity contribution in [1.29, 1.82) is 0 Å². The minimum absolute atomic E-state index is 0.0221. The molecule has 4 aliphatic rings. The number of aliphatic hydroxyl groups is 1. The van der Waals surface area contributed by atoms with Gasteiger partial charge in [0, 0.05) is 37.2 Å². The van der Waals surface area contributed by atoms with E-state index in [9.17, 15) is 14.7 Å². The van der Waals surface area contributed by atoms with Crippen molar-refractivity contribution in [1.82, 2.24) is 0 Å². The Kier molecular flexibility index (Phi) is 14.5. The van der Waals surface area contributed by atoms with E-state index in [-0.39, 0.29) is 72.6 Å². The van der Waals surface area contributed by atoms with E-state index in [4.69, 9.17) is 28.4 Å². The van der Waals surface area contributed by atoms with Gasteiger partial charge in [-0.1, -0.05) is 63.1 Å². The van der Waals surface area contributed by atoms with Crippen molar-refractivity contribution in [3.8, 4) is 0 Å². The molecule has 0 spiro atoms. The van der Waals surface area contributed by atoms with Crippen LogP contribution in [0.2, 0.25) is 0 Å². The van der Waals surface area contributed by atoms with Gasteiger partial charge in [-0.15, -0.1) is 0 Å². The Balaban J connectivity index is 1.36. The standard InChI is InChI=1S/C39H60O9/c1-23(9-14-32-26(4)11-17-35(41)45-32)21-25(3)22-24(2)10-15-33(28(6)39-27(5)12-18-36(42)48-39)46-38-20-16-34(30(8)44-38)47-37-19-13-31(40)29(7)43-37/h9-11,14,17,22-23,26-34,37-40H,12-13,15-16,18-21H2,1-8H3/b14-9+,24-10-,25-22-/t23-,26+,27-,28+,29+,30+,31+,32+,33-,34+,37+,38-,39-/m1/s1. The second-order valence-electron chi connectivity index (χ2n) is 14.8. The van der Waals surface area contributed by atoms with E-state index in [2.05, 4.69) is 52.8 Å². The highest BCUT2D eigenvalue weighted by Crippen LogP contribution is 2.34. The number of hydrogen-bond acceptors (Lipinski definition) is 9. The smallest absolute Gasteiger partial charge is 0.331 e. The van der Waals surface area contributed by atoms with E-state index in [0.29, 0.717) is 38.0 Å². The summed E-state index contributed by atoms with van der Waals surface area (Å²) in [6, 6.07) is 0. The second kappa shape index (κ2) is 18.1. The molecule has 13 atom stereocenters. The molecule has 3 fully saturated rings. The predicted molar refractivity (Wildman–Crippen MR) is 184 cm³/mol. The van der Waals surface area contributed by atoms with E-state index < -0.39 is 12.4 Å². The van der Waals surface area contributed by atoms with Gasteiger partial charge in [0.25, 0.3) is 0 Å². The SMILES string of the molecule is CC(=C/C[C@@H](O[C@@H]1CC[C@H](O[C@H]2CC[C@H](O)[C@H](C)O2)[C@H](C)O1)[C@H](C)[C@@H]1OC(=O)CC[C@H]1C)/C=C(/C)C[C@H](C)/C=C/[C@@H]1OC(=O)C=C[C@@H]1C. The van der Waals surface area contributed by atoms with Crippen LogP contribution in [0.5, 0.6) is 0 Å². The highest BCUT2D eigenvalue weighted by Gasteiger charge is 2.39. The Morgan fingerprint density at radius 2 is 1.71 bits per heavy atom. The number of cyclic esters (lactones) is 2.